The van der Waals surface area contributed by atoms with Gasteiger partial charge in [-0.05, 0) is 0 Å². The van der Waals surface area contributed by atoms with Crippen LogP contribution >= 0.6 is 34.7 Å². The molecule has 0 saturated heterocycles. The van der Waals surface area contributed by atoms with E-state index in [4.69, 9.17) is 37.8 Å². The zero-order chi connectivity index (χ0) is 10.8. The van der Waals surface area contributed by atoms with Crippen LogP contribution in [0, 0.1) is 0 Å². The Morgan fingerprint density at radius 1 is 0.600 bits per heavy atom. The number of rotatable bonds is 0. The van der Waals surface area contributed by atoms with E-state index in [-0.39, 0.29) is 60.3 Å². The maximum Gasteiger partial charge on any atom is 2.00 e. The molecular formula is H2CaFeO9P4. The third-order valence-electron chi connectivity index (χ3n) is 0. The summed E-state index contributed by atoms with van der Waals surface area (Å²) in [7, 11) is -4.33. The SMILES string of the molecule is O.O=P[O-].O=P[O-].O=P[O-].O=P[O-].[Ca+2].[Fe+2]. The van der Waals surface area contributed by atoms with Gasteiger partial charge in [0.25, 0.3) is 0 Å². The standard InChI is InChI=1S/Ca.Fe.4HO2P.H2O/c;;4*1-3-2;/h;;4*(H,1,2);1H2/q2*+2;;;;;/p-4. The fourth-order valence-corrected chi connectivity index (χ4v) is 0. The molecule has 0 aromatic rings. The van der Waals surface area contributed by atoms with Crippen LogP contribution in [0.2, 0.25) is 0 Å². The smallest absolute Gasteiger partial charge is 0.772 e. The first-order chi connectivity index (χ1) is 5.66. The summed E-state index contributed by atoms with van der Waals surface area (Å²) < 4.78 is 33.4. The fourth-order valence-electron chi connectivity index (χ4n) is 0. The van der Waals surface area contributed by atoms with E-state index in [0.29, 0.717) is 0 Å². The third-order valence-corrected chi connectivity index (χ3v) is 0. The molecule has 0 rings (SSSR count). The van der Waals surface area contributed by atoms with Gasteiger partial charge in [-0.25, -0.2) is 0 Å². The van der Waals surface area contributed by atoms with E-state index < -0.39 is 34.7 Å². The summed E-state index contributed by atoms with van der Waals surface area (Å²) in [6.07, 6.45) is 0. The molecule has 15 heteroatoms. The van der Waals surface area contributed by atoms with Crippen molar-refractivity contribution in [3.8, 4) is 0 Å². The van der Waals surface area contributed by atoms with E-state index in [1.54, 1.807) is 0 Å². The summed E-state index contributed by atoms with van der Waals surface area (Å²) in [6.45, 7) is 0. The van der Waals surface area contributed by atoms with Gasteiger partial charge in [-0.3, -0.25) is 18.3 Å². The molecule has 0 bridgehead atoms. The molecule has 15 heavy (non-hydrogen) atoms. The molecule has 0 aliphatic heterocycles. The summed E-state index contributed by atoms with van der Waals surface area (Å²) in [6, 6.07) is 0. The van der Waals surface area contributed by atoms with Gasteiger partial charge in [0, 0.05) is 0 Å². The normalized spacial score (nSPS) is 5.60. The summed E-state index contributed by atoms with van der Waals surface area (Å²) >= 11 is 0. The van der Waals surface area contributed by atoms with Gasteiger partial charge < -0.3 is 25.0 Å². The first-order valence-corrected chi connectivity index (χ1v) is 4.38. The molecule has 2 N–H and O–H groups in total. The van der Waals surface area contributed by atoms with E-state index in [0.717, 1.165) is 0 Å². The van der Waals surface area contributed by atoms with Gasteiger partial charge in [-0.1, -0.05) is 0 Å². The van der Waals surface area contributed by atoms with E-state index in [2.05, 4.69) is 0 Å². The molecule has 86 valence electrons. The van der Waals surface area contributed by atoms with Crippen LogP contribution < -0.4 is 19.6 Å². The fraction of sp³-hybridized carbons (Fsp3) is 0. The topological polar surface area (TPSA) is 192 Å². The van der Waals surface area contributed by atoms with Crippen LogP contribution in [0.5, 0.6) is 0 Å². The first-order valence-electron chi connectivity index (χ1n) is 1.46. The van der Waals surface area contributed by atoms with Gasteiger partial charge in [0.05, 0.1) is 34.7 Å². The van der Waals surface area contributed by atoms with Crippen molar-refractivity contribution >= 4 is 72.5 Å². The summed E-state index contributed by atoms with van der Waals surface area (Å²) in [5.41, 5.74) is 0. The Morgan fingerprint density at radius 2 is 0.600 bits per heavy atom. The Bertz CT molecular complexity index is 76.1. The summed E-state index contributed by atoms with van der Waals surface area (Å²) in [5.74, 6) is 0. The van der Waals surface area contributed by atoms with Crippen molar-refractivity contribution in [1.82, 2.24) is 0 Å². The van der Waals surface area contributed by atoms with Crippen molar-refractivity contribution in [3.05, 3.63) is 0 Å². The minimum absolute atomic E-state index is 0. The van der Waals surface area contributed by atoms with Crippen LogP contribution in [0.25, 0.3) is 0 Å². The monoisotopic (exact) mass is 366 g/mol. The van der Waals surface area contributed by atoms with Crippen molar-refractivity contribution in [2.45, 2.75) is 0 Å². The second-order valence-electron chi connectivity index (χ2n) is 0.298. The summed E-state index contributed by atoms with van der Waals surface area (Å²) in [5, 5.41) is 0. The first kappa shape index (κ1) is 43.5. The predicted molar refractivity (Wildman–Crippen MR) is 39.8 cm³/mol. The molecule has 0 fully saturated rings. The Labute approximate surface area is 132 Å². The largest absolute Gasteiger partial charge is 2.00 e. The van der Waals surface area contributed by atoms with Gasteiger partial charge in [-0.2, -0.15) is 0 Å². The van der Waals surface area contributed by atoms with Crippen LogP contribution in [0.3, 0.4) is 0 Å². The van der Waals surface area contributed by atoms with Crippen LogP contribution in [-0.2, 0) is 35.3 Å². The molecule has 0 radical (unpaired) electrons. The average molecular weight is 366 g/mol. The van der Waals surface area contributed by atoms with E-state index in [1.165, 1.54) is 0 Å². The maximum absolute atomic E-state index is 8.35. The maximum atomic E-state index is 8.35. The number of hydrogen-bond acceptors (Lipinski definition) is 8. The van der Waals surface area contributed by atoms with Crippen LogP contribution in [0.4, 0.5) is 0 Å². The van der Waals surface area contributed by atoms with E-state index in [1.807, 2.05) is 0 Å². The second kappa shape index (κ2) is 100. The summed E-state index contributed by atoms with van der Waals surface area (Å²) in [4.78, 5) is 33.4. The molecular weight excluding hydrogens is 364 g/mol. The number of hydrogen-bond donors (Lipinski definition) is 0. The molecule has 0 aromatic heterocycles. The van der Waals surface area contributed by atoms with Gasteiger partial charge in [0.15, 0.2) is 0 Å². The molecule has 0 aliphatic carbocycles. The Kier molecular flexibility index (Phi) is 291. The van der Waals surface area contributed by atoms with Gasteiger partial charge in [0.1, 0.15) is 0 Å². The quantitative estimate of drug-likeness (QED) is 0.320. The molecule has 0 aromatic carbocycles. The van der Waals surface area contributed by atoms with Crippen molar-refractivity contribution in [2.75, 3.05) is 0 Å². The van der Waals surface area contributed by atoms with Crippen molar-refractivity contribution in [2.24, 2.45) is 0 Å². The van der Waals surface area contributed by atoms with E-state index in [9.17, 15) is 0 Å². The molecule has 9 nitrogen and oxygen atoms in total. The van der Waals surface area contributed by atoms with Crippen LogP contribution in [0.15, 0.2) is 0 Å². The second-order valence-corrected chi connectivity index (χ2v) is 0.894. The molecule has 0 heterocycles. The molecule has 0 aliphatic rings. The minimum Gasteiger partial charge on any atom is -0.772 e. The Morgan fingerprint density at radius 3 is 0.600 bits per heavy atom. The van der Waals surface area contributed by atoms with Gasteiger partial charge >= 0.3 is 54.8 Å². The molecule has 0 spiro atoms. The predicted octanol–water partition coefficient (Wildman–Crippen LogP) is -2.99. The Hall–Kier alpha value is 1.98. The minimum atomic E-state index is -1.08. The zero-order valence-corrected chi connectivity index (χ0v) is 13.5. The zero-order valence-electron chi connectivity index (χ0n) is 6.62. The molecule has 0 amide bonds. The van der Waals surface area contributed by atoms with Gasteiger partial charge in [-0.15, -0.1) is 0 Å². The molecule has 0 atom stereocenters. The van der Waals surface area contributed by atoms with Crippen molar-refractivity contribution in [3.63, 3.8) is 0 Å². The van der Waals surface area contributed by atoms with Crippen molar-refractivity contribution in [1.29, 1.82) is 0 Å². The van der Waals surface area contributed by atoms with Crippen LogP contribution in [-0.4, -0.2) is 43.2 Å². The van der Waals surface area contributed by atoms with Crippen LogP contribution in [0.1, 0.15) is 0 Å². The van der Waals surface area contributed by atoms with E-state index >= 15 is 0 Å². The molecule has 0 saturated carbocycles. The molecule has 0 unspecified atom stereocenters. The third kappa shape index (κ3) is 797. The Balaban J connectivity index is -0.0000000107. The van der Waals surface area contributed by atoms with Gasteiger partial charge in [0.2, 0.25) is 0 Å². The van der Waals surface area contributed by atoms with Crippen molar-refractivity contribution < 1.29 is 60.4 Å². The average Bonchev–Trinajstić information content (AvgIpc) is 1.92.